The second-order valence-electron chi connectivity index (χ2n) is 3.93. The first-order chi connectivity index (χ1) is 7.20. The summed E-state index contributed by atoms with van der Waals surface area (Å²) in [7, 11) is 0. The zero-order valence-corrected chi connectivity index (χ0v) is 8.86. The number of amides is 1. The maximum atomic E-state index is 11.9. The molecule has 0 radical (unpaired) electrons. The van der Waals surface area contributed by atoms with Gasteiger partial charge in [0.25, 0.3) is 5.91 Å². The quantitative estimate of drug-likeness (QED) is 0.726. The topological polar surface area (TPSA) is 75.0 Å². The SMILES string of the molecule is CCc1cc(C(=O)N2CC[C@H](N)C2)n[nH]1. The summed E-state index contributed by atoms with van der Waals surface area (Å²) in [5.74, 6) is -0.0149. The zero-order valence-electron chi connectivity index (χ0n) is 8.86. The van der Waals surface area contributed by atoms with Crippen molar-refractivity contribution in [3.8, 4) is 0 Å². The molecule has 1 aromatic rings. The van der Waals surface area contributed by atoms with Crippen molar-refractivity contribution in [3.05, 3.63) is 17.5 Å². The van der Waals surface area contributed by atoms with Crippen LogP contribution in [0.4, 0.5) is 0 Å². The smallest absolute Gasteiger partial charge is 0.274 e. The average Bonchev–Trinajstić information content (AvgIpc) is 2.84. The van der Waals surface area contributed by atoms with Crippen LogP contribution in [-0.2, 0) is 6.42 Å². The lowest BCUT2D eigenvalue weighted by molar-refractivity contribution is 0.0785. The van der Waals surface area contributed by atoms with E-state index in [0.29, 0.717) is 12.2 Å². The van der Waals surface area contributed by atoms with Crippen molar-refractivity contribution in [3.63, 3.8) is 0 Å². The fraction of sp³-hybridized carbons (Fsp3) is 0.600. The number of nitrogens with two attached hydrogens (primary N) is 1. The molecular formula is C10H16N4O. The Morgan fingerprint density at radius 2 is 2.60 bits per heavy atom. The van der Waals surface area contributed by atoms with Gasteiger partial charge in [0, 0.05) is 24.8 Å². The number of hydrogen-bond donors (Lipinski definition) is 2. The van der Waals surface area contributed by atoms with Gasteiger partial charge in [0.2, 0.25) is 0 Å². The minimum Gasteiger partial charge on any atom is -0.336 e. The highest BCUT2D eigenvalue weighted by Crippen LogP contribution is 2.11. The molecule has 2 heterocycles. The zero-order chi connectivity index (χ0) is 10.8. The van der Waals surface area contributed by atoms with Crippen LogP contribution < -0.4 is 5.73 Å². The van der Waals surface area contributed by atoms with Gasteiger partial charge in [0.05, 0.1) is 0 Å². The number of H-pyrrole nitrogens is 1. The molecule has 0 bridgehead atoms. The van der Waals surface area contributed by atoms with Gasteiger partial charge in [-0.15, -0.1) is 0 Å². The number of nitrogens with zero attached hydrogens (tertiary/aromatic N) is 2. The van der Waals surface area contributed by atoms with Gasteiger partial charge in [-0.25, -0.2) is 0 Å². The largest absolute Gasteiger partial charge is 0.336 e. The number of rotatable bonds is 2. The van der Waals surface area contributed by atoms with Crippen LogP contribution in [0.1, 0.15) is 29.5 Å². The van der Waals surface area contributed by atoms with Crippen LogP contribution in [0.15, 0.2) is 6.07 Å². The lowest BCUT2D eigenvalue weighted by Gasteiger charge is -2.13. The standard InChI is InChI=1S/C10H16N4O/c1-2-8-5-9(13-12-8)10(15)14-4-3-7(11)6-14/h5,7H,2-4,6,11H2,1H3,(H,12,13)/t7-/m0/s1. The third-order valence-corrected chi connectivity index (χ3v) is 2.74. The van der Waals surface area contributed by atoms with E-state index in [1.54, 1.807) is 4.90 Å². The van der Waals surface area contributed by atoms with Crippen LogP contribution in [0.5, 0.6) is 0 Å². The molecule has 0 aromatic carbocycles. The van der Waals surface area contributed by atoms with Crippen molar-refractivity contribution in [1.82, 2.24) is 15.1 Å². The van der Waals surface area contributed by atoms with Gasteiger partial charge in [-0.2, -0.15) is 5.10 Å². The number of carbonyl (C=O) groups is 1. The number of hydrogen-bond acceptors (Lipinski definition) is 3. The van der Waals surface area contributed by atoms with E-state index in [1.165, 1.54) is 0 Å². The normalized spacial score (nSPS) is 20.9. The van der Waals surface area contributed by atoms with Crippen molar-refractivity contribution in [2.24, 2.45) is 5.73 Å². The molecule has 0 unspecified atom stereocenters. The maximum absolute atomic E-state index is 11.9. The van der Waals surface area contributed by atoms with Gasteiger partial charge < -0.3 is 10.6 Å². The lowest BCUT2D eigenvalue weighted by atomic mass is 10.3. The Bertz CT molecular complexity index is 360. The summed E-state index contributed by atoms with van der Waals surface area (Å²) in [6, 6.07) is 1.94. The van der Waals surface area contributed by atoms with Crippen LogP contribution in [0.2, 0.25) is 0 Å². The Morgan fingerprint density at radius 3 is 3.13 bits per heavy atom. The number of carbonyl (C=O) groups excluding carboxylic acids is 1. The van der Waals surface area contributed by atoms with Crippen LogP contribution in [0.3, 0.4) is 0 Å². The molecule has 5 nitrogen and oxygen atoms in total. The number of aromatic nitrogens is 2. The predicted octanol–water partition coefficient (Wildman–Crippen LogP) is 0.145. The van der Waals surface area contributed by atoms with E-state index in [-0.39, 0.29) is 11.9 Å². The van der Waals surface area contributed by atoms with Crippen molar-refractivity contribution in [1.29, 1.82) is 0 Å². The van der Waals surface area contributed by atoms with E-state index in [0.717, 1.165) is 25.1 Å². The molecular weight excluding hydrogens is 192 g/mol. The molecule has 0 spiro atoms. The van der Waals surface area contributed by atoms with Gasteiger partial charge in [-0.05, 0) is 18.9 Å². The highest BCUT2D eigenvalue weighted by Gasteiger charge is 2.25. The Kier molecular flexibility index (Phi) is 2.73. The van der Waals surface area contributed by atoms with Crippen LogP contribution in [-0.4, -0.2) is 40.1 Å². The summed E-state index contributed by atoms with van der Waals surface area (Å²) < 4.78 is 0. The summed E-state index contributed by atoms with van der Waals surface area (Å²) in [6.07, 6.45) is 1.75. The van der Waals surface area contributed by atoms with Crippen LogP contribution in [0, 0.1) is 0 Å². The Labute approximate surface area is 88.6 Å². The first kappa shape index (κ1) is 10.2. The number of nitrogens with one attached hydrogen (secondary N) is 1. The Hall–Kier alpha value is -1.36. The Balaban J connectivity index is 2.07. The van der Waals surface area contributed by atoms with Gasteiger partial charge in [0.15, 0.2) is 0 Å². The summed E-state index contributed by atoms with van der Waals surface area (Å²) >= 11 is 0. The molecule has 2 rings (SSSR count). The number of aromatic amines is 1. The molecule has 0 saturated carbocycles. The van der Waals surface area contributed by atoms with E-state index < -0.39 is 0 Å². The monoisotopic (exact) mass is 208 g/mol. The molecule has 1 atom stereocenters. The van der Waals surface area contributed by atoms with E-state index >= 15 is 0 Å². The van der Waals surface area contributed by atoms with Gasteiger partial charge >= 0.3 is 0 Å². The molecule has 1 fully saturated rings. The fourth-order valence-corrected chi connectivity index (χ4v) is 1.79. The molecule has 1 aromatic heterocycles. The van der Waals surface area contributed by atoms with Gasteiger partial charge in [0.1, 0.15) is 5.69 Å². The second kappa shape index (κ2) is 4.02. The first-order valence-electron chi connectivity index (χ1n) is 5.30. The highest BCUT2D eigenvalue weighted by molar-refractivity contribution is 5.92. The van der Waals surface area contributed by atoms with Gasteiger partial charge in [-0.1, -0.05) is 6.92 Å². The lowest BCUT2D eigenvalue weighted by Crippen LogP contribution is -2.32. The average molecular weight is 208 g/mol. The van der Waals surface area contributed by atoms with Crippen molar-refractivity contribution in [2.45, 2.75) is 25.8 Å². The van der Waals surface area contributed by atoms with Crippen molar-refractivity contribution >= 4 is 5.91 Å². The fourth-order valence-electron chi connectivity index (χ4n) is 1.79. The maximum Gasteiger partial charge on any atom is 0.274 e. The molecule has 5 heteroatoms. The second-order valence-corrected chi connectivity index (χ2v) is 3.93. The highest BCUT2D eigenvalue weighted by atomic mass is 16.2. The van der Waals surface area contributed by atoms with Crippen molar-refractivity contribution in [2.75, 3.05) is 13.1 Å². The van der Waals surface area contributed by atoms with Gasteiger partial charge in [-0.3, -0.25) is 9.89 Å². The van der Waals surface area contributed by atoms with Crippen molar-refractivity contribution < 1.29 is 4.79 Å². The van der Waals surface area contributed by atoms with E-state index in [4.69, 9.17) is 5.73 Å². The van der Waals surface area contributed by atoms with E-state index in [1.807, 2.05) is 13.0 Å². The molecule has 1 aliphatic heterocycles. The number of likely N-dealkylation sites (tertiary alicyclic amines) is 1. The number of aryl methyl sites for hydroxylation is 1. The Morgan fingerprint density at radius 1 is 1.80 bits per heavy atom. The third kappa shape index (κ3) is 2.02. The molecule has 1 saturated heterocycles. The third-order valence-electron chi connectivity index (χ3n) is 2.74. The van der Waals surface area contributed by atoms with E-state index in [2.05, 4.69) is 10.2 Å². The predicted molar refractivity (Wildman–Crippen MR) is 56.5 cm³/mol. The summed E-state index contributed by atoms with van der Waals surface area (Å²) in [6.45, 7) is 3.41. The van der Waals surface area contributed by atoms with Crippen LogP contribution in [0.25, 0.3) is 0 Å². The van der Waals surface area contributed by atoms with E-state index in [9.17, 15) is 4.79 Å². The molecule has 1 amide bonds. The summed E-state index contributed by atoms with van der Waals surface area (Å²) in [4.78, 5) is 13.7. The minimum atomic E-state index is -0.0149. The molecule has 1 aliphatic rings. The molecule has 3 N–H and O–H groups in total. The summed E-state index contributed by atoms with van der Waals surface area (Å²) in [5.41, 5.74) is 7.24. The first-order valence-corrected chi connectivity index (χ1v) is 5.30. The van der Waals surface area contributed by atoms with Crippen LogP contribution >= 0.6 is 0 Å². The molecule has 82 valence electrons. The molecule has 0 aliphatic carbocycles. The summed E-state index contributed by atoms with van der Waals surface area (Å²) in [5, 5.41) is 6.84. The minimum absolute atomic E-state index is 0.0149. The molecule has 15 heavy (non-hydrogen) atoms.